The molecule has 0 bridgehead atoms. The average Bonchev–Trinajstić information content (AvgIpc) is 2.76. The summed E-state index contributed by atoms with van der Waals surface area (Å²) in [7, 11) is 0. The number of hydrogen-bond acceptors (Lipinski definition) is 3. The van der Waals surface area contributed by atoms with Gasteiger partial charge in [-0.15, -0.1) is 0 Å². The second-order valence-electron chi connectivity index (χ2n) is 7.45. The number of aryl methyl sites for hydroxylation is 1. The number of piperidine rings is 1. The molecule has 1 aliphatic rings. The Kier molecular flexibility index (Phi) is 5.50. The minimum absolute atomic E-state index is 0.125. The minimum atomic E-state index is 0.125. The van der Waals surface area contributed by atoms with Gasteiger partial charge >= 0.3 is 0 Å². The number of furan rings is 1. The summed E-state index contributed by atoms with van der Waals surface area (Å²) in [4.78, 5) is 2.60. The van der Waals surface area contributed by atoms with Gasteiger partial charge in [0.1, 0.15) is 11.5 Å². The van der Waals surface area contributed by atoms with Crippen molar-refractivity contribution in [3.63, 3.8) is 0 Å². The molecule has 2 heterocycles. The van der Waals surface area contributed by atoms with Crippen LogP contribution in [-0.2, 0) is 13.1 Å². The molecule has 3 nitrogen and oxygen atoms in total. The van der Waals surface area contributed by atoms with Gasteiger partial charge in [0.15, 0.2) is 0 Å². The third-order valence-corrected chi connectivity index (χ3v) is 4.43. The Hall–Kier alpha value is -0.800. The van der Waals surface area contributed by atoms with Gasteiger partial charge in [0, 0.05) is 11.6 Å². The molecule has 0 aromatic carbocycles. The summed E-state index contributed by atoms with van der Waals surface area (Å²) in [5.41, 5.74) is 1.39. The number of nitrogens with one attached hydrogen (secondary N) is 1. The van der Waals surface area contributed by atoms with E-state index >= 15 is 0 Å². The number of rotatable bonds is 5. The Labute approximate surface area is 130 Å². The fourth-order valence-corrected chi connectivity index (χ4v) is 3.12. The largest absolute Gasteiger partial charge is 0.463 e. The number of nitrogens with zero attached hydrogens (tertiary/aromatic N) is 1. The highest BCUT2D eigenvalue weighted by molar-refractivity contribution is 5.20. The highest BCUT2D eigenvalue weighted by Crippen LogP contribution is 2.24. The van der Waals surface area contributed by atoms with E-state index in [-0.39, 0.29) is 5.54 Å². The topological polar surface area (TPSA) is 28.4 Å². The molecule has 1 atom stereocenters. The first-order valence-electron chi connectivity index (χ1n) is 8.46. The molecular formula is C18H32N2O. The second kappa shape index (κ2) is 6.97. The van der Waals surface area contributed by atoms with Crippen molar-refractivity contribution in [1.29, 1.82) is 0 Å². The van der Waals surface area contributed by atoms with E-state index in [1.165, 1.54) is 37.8 Å². The van der Waals surface area contributed by atoms with Gasteiger partial charge in [0.2, 0.25) is 0 Å². The first kappa shape index (κ1) is 16.6. The summed E-state index contributed by atoms with van der Waals surface area (Å²) in [6, 6.07) is 2.96. The van der Waals surface area contributed by atoms with Gasteiger partial charge in [-0.1, -0.05) is 13.3 Å². The molecule has 0 radical (unpaired) electrons. The van der Waals surface area contributed by atoms with Crippen LogP contribution in [-0.4, -0.2) is 23.0 Å². The monoisotopic (exact) mass is 292 g/mol. The van der Waals surface area contributed by atoms with E-state index in [1.807, 2.05) is 0 Å². The highest BCUT2D eigenvalue weighted by Gasteiger charge is 2.22. The molecule has 3 heteroatoms. The molecule has 2 rings (SSSR count). The quantitative estimate of drug-likeness (QED) is 0.880. The van der Waals surface area contributed by atoms with E-state index < -0.39 is 0 Å². The predicted octanol–water partition coefficient (Wildman–Crippen LogP) is 4.24. The molecule has 0 amide bonds. The molecule has 1 fully saturated rings. The Morgan fingerprint density at radius 1 is 1.33 bits per heavy atom. The Morgan fingerprint density at radius 2 is 2.10 bits per heavy atom. The minimum Gasteiger partial charge on any atom is -0.463 e. The fraction of sp³-hybridized carbons (Fsp3) is 0.778. The number of hydrogen-bond donors (Lipinski definition) is 1. The maximum absolute atomic E-state index is 6.10. The summed E-state index contributed by atoms with van der Waals surface area (Å²) in [5.74, 6) is 2.21. The third kappa shape index (κ3) is 4.86. The molecule has 1 saturated heterocycles. The summed E-state index contributed by atoms with van der Waals surface area (Å²) >= 11 is 0. The molecule has 1 unspecified atom stereocenters. The Bertz CT molecular complexity index is 445. The van der Waals surface area contributed by atoms with Crippen LogP contribution < -0.4 is 5.32 Å². The zero-order chi connectivity index (χ0) is 15.5. The lowest BCUT2D eigenvalue weighted by Gasteiger charge is -2.34. The Balaban J connectivity index is 1.97. The zero-order valence-electron chi connectivity index (χ0n) is 14.5. The van der Waals surface area contributed by atoms with Crippen LogP contribution >= 0.6 is 0 Å². The van der Waals surface area contributed by atoms with Crippen LogP contribution in [0.15, 0.2) is 10.5 Å². The highest BCUT2D eigenvalue weighted by atomic mass is 16.3. The van der Waals surface area contributed by atoms with Gasteiger partial charge < -0.3 is 9.73 Å². The van der Waals surface area contributed by atoms with Crippen molar-refractivity contribution in [2.75, 3.05) is 6.54 Å². The van der Waals surface area contributed by atoms with Crippen LogP contribution in [0, 0.1) is 6.92 Å². The summed E-state index contributed by atoms with van der Waals surface area (Å²) < 4.78 is 6.10. The summed E-state index contributed by atoms with van der Waals surface area (Å²) in [6.45, 7) is 14.0. The van der Waals surface area contributed by atoms with Crippen molar-refractivity contribution in [2.24, 2.45) is 0 Å². The van der Waals surface area contributed by atoms with Gasteiger partial charge in [-0.3, -0.25) is 4.90 Å². The summed E-state index contributed by atoms with van der Waals surface area (Å²) in [6.07, 6.45) is 5.30. The standard InChI is InChI=1S/C18H32N2O/c1-6-15-9-7-8-10-20(15)13-16-11-14(2)17(21-16)12-19-18(3,4)5/h11,15,19H,6-10,12-13H2,1-5H3. The van der Waals surface area contributed by atoms with E-state index in [2.05, 4.69) is 50.9 Å². The molecule has 1 aromatic rings. The van der Waals surface area contributed by atoms with Crippen LogP contribution in [0.25, 0.3) is 0 Å². The van der Waals surface area contributed by atoms with Crippen LogP contribution in [0.2, 0.25) is 0 Å². The molecule has 0 aliphatic carbocycles. The first-order valence-corrected chi connectivity index (χ1v) is 8.46. The normalized spacial score (nSPS) is 20.9. The maximum atomic E-state index is 6.10. The van der Waals surface area contributed by atoms with E-state index in [4.69, 9.17) is 4.42 Å². The number of likely N-dealkylation sites (tertiary alicyclic amines) is 1. The van der Waals surface area contributed by atoms with Gasteiger partial charge in [-0.25, -0.2) is 0 Å². The predicted molar refractivity (Wildman–Crippen MR) is 88.4 cm³/mol. The van der Waals surface area contributed by atoms with E-state index in [9.17, 15) is 0 Å². The molecular weight excluding hydrogens is 260 g/mol. The van der Waals surface area contributed by atoms with E-state index in [0.29, 0.717) is 0 Å². The zero-order valence-corrected chi connectivity index (χ0v) is 14.5. The van der Waals surface area contributed by atoms with Crippen LogP contribution in [0.4, 0.5) is 0 Å². The lowest BCUT2D eigenvalue weighted by atomic mass is 10.00. The molecule has 1 N–H and O–H groups in total. The van der Waals surface area contributed by atoms with Gasteiger partial charge in [-0.05, 0) is 65.1 Å². The molecule has 0 saturated carbocycles. The van der Waals surface area contributed by atoms with Crippen LogP contribution in [0.1, 0.15) is 70.5 Å². The van der Waals surface area contributed by atoms with Gasteiger partial charge in [0.25, 0.3) is 0 Å². The van der Waals surface area contributed by atoms with Crippen molar-refractivity contribution < 1.29 is 4.42 Å². The SMILES string of the molecule is CCC1CCCCN1Cc1cc(C)c(CNC(C)(C)C)o1. The molecule has 0 spiro atoms. The van der Waals surface area contributed by atoms with Gasteiger partial charge in [0.05, 0.1) is 13.1 Å². The molecule has 120 valence electrons. The molecule has 1 aliphatic heterocycles. The lowest BCUT2D eigenvalue weighted by molar-refractivity contribution is 0.125. The van der Waals surface area contributed by atoms with Gasteiger partial charge in [-0.2, -0.15) is 0 Å². The van der Waals surface area contributed by atoms with Crippen molar-refractivity contribution in [1.82, 2.24) is 10.2 Å². The maximum Gasteiger partial charge on any atom is 0.120 e. The Morgan fingerprint density at radius 3 is 2.76 bits per heavy atom. The van der Waals surface area contributed by atoms with E-state index in [0.717, 1.165) is 30.7 Å². The third-order valence-electron chi connectivity index (χ3n) is 4.43. The van der Waals surface area contributed by atoms with Crippen molar-refractivity contribution in [3.8, 4) is 0 Å². The van der Waals surface area contributed by atoms with Crippen LogP contribution in [0.5, 0.6) is 0 Å². The average molecular weight is 292 g/mol. The first-order chi connectivity index (χ1) is 9.89. The molecule has 21 heavy (non-hydrogen) atoms. The fourth-order valence-electron chi connectivity index (χ4n) is 3.12. The second-order valence-corrected chi connectivity index (χ2v) is 7.45. The van der Waals surface area contributed by atoms with Crippen molar-refractivity contribution in [2.45, 2.75) is 85.0 Å². The van der Waals surface area contributed by atoms with E-state index in [1.54, 1.807) is 0 Å². The van der Waals surface area contributed by atoms with Crippen molar-refractivity contribution >= 4 is 0 Å². The lowest BCUT2D eigenvalue weighted by Crippen LogP contribution is -2.38. The smallest absolute Gasteiger partial charge is 0.120 e. The van der Waals surface area contributed by atoms with Crippen LogP contribution in [0.3, 0.4) is 0 Å². The van der Waals surface area contributed by atoms with Crippen molar-refractivity contribution in [3.05, 3.63) is 23.2 Å². The summed E-state index contributed by atoms with van der Waals surface area (Å²) in [5, 5.41) is 3.51. The molecule has 1 aromatic heterocycles.